The Kier molecular flexibility index (Phi) is 4.40. The fourth-order valence-electron chi connectivity index (χ4n) is 2.77. The molecule has 24 heavy (non-hydrogen) atoms. The highest BCUT2D eigenvalue weighted by Gasteiger charge is 2.16. The SMILES string of the molecule is O=C(O)C=Cc1ccc(S(=O)(=O)Nc2ccc3c(c2)CCC3)cc1. The van der Waals surface area contributed by atoms with Gasteiger partial charge in [0.05, 0.1) is 4.90 Å². The van der Waals surface area contributed by atoms with Crippen LogP contribution in [0.2, 0.25) is 0 Å². The summed E-state index contributed by atoms with van der Waals surface area (Å²) in [5.74, 6) is -1.05. The fourth-order valence-corrected chi connectivity index (χ4v) is 3.82. The maximum atomic E-state index is 12.5. The number of carboxylic acid groups (broad SMARTS) is 1. The van der Waals surface area contributed by atoms with Crippen LogP contribution in [-0.4, -0.2) is 19.5 Å². The average Bonchev–Trinajstić information content (AvgIpc) is 3.00. The molecule has 2 aromatic carbocycles. The summed E-state index contributed by atoms with van der Waals surface area (Å²) in [6.45, 7) is 0. The Morgan fingerprint density at radius 1 is 1.04 bits per heavy atom. The third kappa shape index (κ3) is 3.65. The van der Waals surface area contributed by atoms with Crippen molar-refractivity contribution in [3.05, 3.63) is 65.2 Å². The first-order valence-corrected chi connectivity index (χ1v) is 9.08. The molecule has 0 radical (unpaired) electrons. The van der Waals surface area contributed by atoms with Crippen molar-refractivity contribution in [2.75, 3.05) is 4.72 Å². The zero-order valence-electron chi connectivity index (χ0n) is 12.9. The molecule has 0 aliphatic heterocycles. The third-order valence-corrected chi connectivity index (χ3v) is 5.36. The van der Waals surface area contributed by atoms with Gasteiger partial charge in [-0.15, -0.1) is 0 Å². The highest BCUT2D eigenvalue weighted by molar-refractivity contribution is 7.92. The molecule has 2 aromatic rings. The van der Waals surface area contributed by atoms with Gasteiger partial charge in [0.15, 0.2) is 0 Å². The minimum absolute atomic E-state index is 0.135. The molecule has 0 bridgehead atoms. The van der Waals surface area contributed by atoms with Crippen LogP contribution >= 0.6 is 0 Å². The highest BCUT2D eigenvalue weighted by Crippen LogP contribution is 2.26. The van der Waals surface area contributed by atoms with Crippen molar-refractivity contribution >= 4 is 27.8 Å². The number of hydrogen-bond donors (Lipinski definition) is 2. The molecule has 0 amide bonds. The number of aryl methyl sites for hydroxylation is 2. The van der Waals surface area contributed by atoms with Crippen molar-refractivity contribution < 1.29 is 18.3 Å². The minimum atomic E-state index is -3.67. The molecule has 0 heterocycles. The molecule has 6 heteroatoms. The molecule has 5 nitrogen and oxygen atoms in total. The van der Waals surface area contributed by atoms with Crippen LogP contribution in [-0.2, 0) is 27.7 Å². The van der Waals surface area contributed by atoms with Gasteiger partial charge in [-0.3, -0.25) is 4.72 Å². The van der Waals surface area contributed by atoms with Crippen LogP contribution in [0.5, 0.6) is 0 Å². The van der Waals surface area contributed by atoms with Crippen LogP contribution < -0.4 is 4.72 Å². The summed E-state index contributed by atoms with van der Waals surface area (Å²) >= 11 is 0. The van der Waals surface area contributed by atoms with E-state index in [9.17, 15) is 13.2 Å². The van der Waals surface area contributed by atoms with Crippen molar-refractivity contribution in [1.29, 1.82) is 0 Å². The van der Waals surface area contributed by atoms with E-state index in [1.165, 1.54) is 29.3 Å². The molecule has 124 valence electrons. The molecular formula is C18H17NO4S. The average molecular weight is 343 g/mol. The van der Waals surface area contributed by atoms with Crippen LogP contribution in [0.25, 0.3) is 6.08 Å². The van der Waals surface area contributed by atoms with Crippen LogP contribution in [0.3, 0.4) is 0 Å². The lowest BCUT2D eigenvalue weighted by Crippen LogP contribution is -2.13. The molecule has 0 spiro atoms. The summed E-state index contributed by atoms with van der Waals surface area (Å²) in [6, 6.07) is 11.7. The summed E-state index contributed by atoms with van der Waals surface area (Å²) in [5.41, 5.74) is 3.66. The lowest BCUT2D eigenvalue weighted by atomic mass is 10.1. The second kappa shape index (κ2) is 6.49. The number of nitrogens with one attached hydrogen (secondary N) is 1. The van der Waals surface area contributed by atoms with Crippen LogP contribution in [0.1, 0.15) is 23.1 Å². The van der Waals surface area contributed by atoms with Gasteiger partial charge < -0.3 is 5.11 Å². The number of carboxylic acids is 1. The van der Waals surface area contributed by atoms with Crippen LogP contribution in [0.15, 0.2) is 53.4 Å². The van der Waals surface area contributed by atoms with Crippen molar-refractivity contribution in [2.24, 2.45) is 0 Å². The Balaban J connectivity index is 1.79. The lowest BCUT2D eigenvalue weighted by molar-refractivity contribution is -0.131. The van der Waals surface area contributed by atoms with Gasteiger partial charge in [0.25, 0.3) is 10.0 Å². The Labute approximate surface area is 140 Å². The maximum absolute atomic E-state index is 12.5. The van der Waals surface area contributed by atoms with E-state index < -0.39 is 16.0 Å². The van der Waals surface area contributed by atoms with Crippen molar-refractivity contribution in [3.8, 4) is 0 Å². The number of aliphatic carboxylic acids is 1. The molecule has 0 fully saturated rings. The fraction of sp³-hybridized carbons (Fsp3) is 0.167. The topological polar surface area (TPSA) is 83.5 Å². The van der Waals surface area contributed by atoms with E-state index in [0.717, 1.165) is 25.3 Å². The zero-order valence-corrected chi connectivity index (χ0v) is 13.7. The maximum Gasteiger partial charge on any atom is 0.328 e. The summed E-state index contributed by atoms with van der Waals surface area (Å²) in [6.07, 6.45) is 5.55. The molecule has 0 aromatic heterocycles. The number of carbonyl (C=O) groups is 1. The monoisotopic (exact) mass is 343 g/mol. The second-order valence-electron chi connectivity index (χ2n) is 5.68. The molecule has 1 aliphatic carbocycles. The Hall–Kier alpha value is -2.60. The van der Waals surface area contributed by atoms with Crippen LogP contribution in [0, 0.1) is 0 Å². The summed E-state index contributed by atoms with van der Waals surface area (Å²) in [5, 5.41) is 8.60. The molecule has 2 N–H and O–H groups in total. The van der Waals surface area contributed by atoms with Gasteiger partial charge in [-0.05, 0) is 66.3 Å². The molecule has 0 saturated heterocycles. The van der Waals surface area contributed by atoms with E-state index in [4.69, 9.17) is 5.11 Å². The first kappa shape index (κ1) is 16.3. The molecular weight excluding hydrogens is 326 g/mol. The van der Waals surface area contributed by atoms with Crippen molar-refractivity contribution in [3.63, 3.8) is 0 Å². The lowest BCUT2D eigenvalue weighted by Gasteiger charge is -2.10. The van der Waals surface area contributed by atoms with E-state index in [2.05, 4.69) is 4.72 Å². The summed E-state index contributed by atoms with van der Waals surface area (Å²) < 4.78 is 27.5. The minimum Gasteiger partial charge on any atom is -0.478 e. The molecule has 3 rings (SSSR count). The normalized spacial score (nSPS) is 13.8. The van der Waals surface area contributed by atoms with E-state index in [1.54, 1.807) is 18.2 Å². The quantitative estimate of drug-likeness (QED) is 0.817. The number of benzene rings is 2. The Morgan fingerprint density at radius 3 is 2.46 bits per heavy atom. The first-order chi connectivity index (χ1) is 11.4. The third-order valence-electron chi connectivity index (χ3n) is 3.96. The van der Waals surface area contributed by atoms with Gasteiger partial charge in [-0.25, -0.2) is 13.2 Å². The smallest absolute Gasteiger partial charge is 0.328 e. The standard InChI is InChI=1S/C18H17NO4S/c20-18(21)11-6-13-4-9-17(10-5-13)24(22,23)19-16-8-7-14-2-1-3-15(14)12-16/h4-12,19H,1-3H2,(H,20,21). The Morgan fingerprint density at radius 2 is 1.75 bits per heavy atom. The first-order valence-electron chi connectivity index (χ1n) is 7.60. The second-order valence-corrected chi connectivity index (χ2v) is 7.37. The number of sulfonamides is 1. The van der Waals surface area contributed by atoms with Gasteiger partial charge in [0, 0.05) is 11.8 Å². The van der Waals surface area contributed by atoms with E-state index in [-0.39, 0.29) is 4.90 Å². The van der Waals surface area contributed by atoms with Gasteiger partial charge in [-0.2, -0.15) is 0 Å². The van der Waals surface area contributed by atoms with Crippen LogP contribution in [0.4, 0.5) is 5.69 Å². The summed E-state index contributed by atoms with van der Waals surface area (Å²) in [7, 11) is -3.67. The Bertz CT molecular complexity index is 899. The molecule has 0 saturated carbocycles. The van der Waals surface area contributed by atoms with Gasteiger partial charge in [0.1, 0.15) is 0 Å². The predicted molar refractivity (Wildman–Crippen MR) is 92.4 cm³/mol. The molecule has 0 unspecified atom stereocenters. The van der Waals surface area contributed by atoms with E-state index >= 15 is 0 Å². The predicted octanol–water partition coefficient (Wildman–Crippen LogP) is 3.07. The van der Waals surface area contributed by atoms with E-state index in [0.29, 0.717) is 11.3 Å². The summed E-state index contributed by atoms with van der Waals surface area (Å²) in [4.78, 5) is 10.6. The largest absolute Gasteiger partial charge is 0.478 e. The van der Waals surface area contributed by atoms with Gasteiger partial charge in [0.2, 0.25) is 0 Å². The number of rotatable bonds is 5. The molecule has 0 atom stereocenters. The van der Waals surface area contributed by atoms with Crippen molar-refractivity contribution in [1.82, 2.24) is 0 Å². The highest BCUT2D eigenvalue weighted by atomic mass is 32.2. The van der Waals surface area contributed by atoms with Crippen molar-refractivity contribution in [2.45, 2.75) is 24.2 Å². The number of anilines is 1. The number of hydrogen-bond acceptors (Lipinski definition) is 3. The van der Waals surface area contributed by atoms with E-state index in [1.807, 2.05) is 12.1 Å². The van der Waals surface area contributed by atoms with Gasteiger partial charge >= 0.3 is 5.97 Å². The zero-order chi connectivity index (χ0) is 17.2. The van der Waals surface area contributed by atoms with Gasteiger partial charge in [-0.1, -0.05) is 18.2 Å². The number of fused-ring (bicyclic) bond motifs is 1. The molecule has 1 aliphatic rings.